The van der Waals surface area contributed by atoms with Gasteiger partial charge in [-0.15, -0.1) is 0 Å². The molecular formula is C12H15BrO2S. The number of aliphatic hydroxyl groups excluding tert-OH is 1. The zero-order chi connectivity index (χ0) is 11.7. The van der Waals surface area contributed by atoms with E-state index in [1.54, 1.807) is 7.11 Å². The molecule has 1 aromatic carbocycles. The monoisotopic (exact) mass is 302 g/mol. The molecule has 2 atom stereocenters. The molecule has 88 valence electrons. The summed E-state index contributed by atoms with van der Waals surface area (Å²) in [7, 11) is 1.68. The van der Waals surface area contributed by atoms with Gasteiger partial charge < -0.3 is 9.84 Å². The standard InChI is InChI=1S/C12H15BrO2S/c1-7-5-10(14)12-8(6-16-7)11(15-2)4-3-9(12)13/h3-4,7,10,14H,5-6H2,1-2H3/t7?,10-/m1/s1. The summed E-state index contributed by atoms with van der Waals surface area (Å²) >= 11 is 5.38. The Morgan fingerprint density at radius 3 is 2.94 bits per heavy atom. The van der Waals surface area contributed by atoms with Crippen LogP contribution in [0.15, 0.2) is 16.6 Å². The minimum Gasteiger partial charge on any atom is -0.496 e. The fourth-order valence-corrected chi connectivity index (χ4v) is 3.75. The predicted molar refractivity (Wildman–Crippen MR) is 71.0 cm³/mol. The van der Waals surface area contributed by atoms with Gasteiger partial charge in [0, 0.05) is 26.6 Å². The second-order valence-electron chi connectivity index (χ2n) is 4.01. The van der Waals surface area contributed by atoms with Gasteiger partial charge >= 0.3 is 0 Å². The van der Waals surface area contributed by atoms with E-state index in [1.807, 2.05) is 23.9 Å². The number of rotatable bonds is 1. The molecule has 0 amide bonds. The van der Waals surface area contributed by atoms with Gasteiger partial charge in [0.05, 0.1) is 13.2 Å². The lowest BCUT2D eigenvalue weighted by atomic mass is 9.99. The van der Waals surface area contributed by atoms with Gasteiger partial charge in [0.1, 0.15) is 5.75 Å². The number of ether oxygens (including phenoxy) is 1. The quantitative estimate of drug-likeness (QED) is 0.861. The molecule has 2 rings (SSSR count). The maximum atomic E-state index is 10.2. The normalized spacial score (nSPS) is 24.8. The van der Waals surface area contributed by atoms with Crippen molar-refractivity contribution < 1.29 is 9.84 Å². The van der Waals surface area contributed by atoms with Gasteiger partial charge in [0.25, 0.3) is 0 Å². The maximum absolute atomic E-state index is 10.2. The summed E-state index contributed by atoms with van der Waals surface area (Å²) in [4.78, 5) is 0. The summed E-state index contributed by atoms with van der Waals surface area (Å²) in [6.07, 6.45) is 0.396. The Morgan fingerprint density at radius 1 is 1.50 bits per heavy atom. The average Bonchev–Trinajstić information content (AvgIpc) is 2.39. The van der Waals surface area contributed by atoms with Crippen molar-refractivity contribution in [3.05, 3.63) is 27.7 Å². The molecular weight excluding hydrogens is 288 g/mol. The number of fused-ring (bicyclic) bond motifs is 1. The third-order valence-corrected chi connectivity index (χ3v) is 4.79. The summed E-state index contributed by atoms with van der Waals surface area (Å²) in [5, 5.41) is 10.7. The smallest absolute Gasteiger partial charge is 0.123 e. The molecule has 0 saturated carbocycles. The molecule has 0 aromatic heterocycles. The molecule has 1 aliphatic heterocycles. The number of hydrogen-bond donors (Lipinski definition) is 1. The summed E-state index contributed by atoms with van der Waals surface area (Å²) < 4.78 is 6.34. The van der Waals surface area contributed by atoms with Crippen LogP contribution in [-0.4, -0.2) is 17.5 Å². The van der Waals surface area contributed by atoms with Crippen LogP contribution >= 0.6 is 27.7 Å². The van der Waals surface area contributed by atoms with E-state index >= 15 is 0 Å². The van der Waals surface area contributed by atoms with Crippen molar-refractivity contribution >= 4 is 27.7 Å². The number of benzene rings is 1. The first kappa shape index (κ1) is 12.3. The Morgan fingerprint density at radius 2 is 2.25 bits per heavy atom. The molecule has 2 nitrogen and oxygen atoms in total. The van der Waals surface area contributed by atoms with Crippen LogP contribution in [0, 0.1) is 0 Å². The van der Waals surface area contributed by atoms with Crippen molar-refractivity contribution in [3.63, 3.8) is 0 Å². The molecule has 1 unspecified atom stereocenters. The Kier molecular flexibility index (Phi) is 3.82. The topological polar surface area (TPSA) is 29.5 Å². The van der Waals surface area contributed by atoms with Crippen LogP contribution in [0.25, 0.3) is 0 Å². The van der Waals surface area contributed by atoms with Crippen LogP contribution in [0.2, 0.25) is 0 Å². The fourth-order valence-electron chi connectivity index (χ4n) is 2.04. The Balaban J connectivity index is 2.52. The lowest BCUT2D eigenvalue weighted by Crippen LogP contribution is -2.05. The lowest BCUT2D eigenvalue weighted by Gasteiger charge is -2.16. The number of halogens is 1. The minimum atomic E-state index is -0.399. The maximum Gasteiger partial charge on any atom is 0.123 e. The fraction of sp³-hybridized carbons (Fsp3) is 0.500. The van der Waals surface area contributed by atoms with Crippen molar-refractivity contribution in [3.8, 4) is 5.75 Å². The number of methoxy groups -OCH3 is 1. The lowest BCUT2D eigenvalue weighted by molar-refractivity contribution is 0.167. The van der Waals surface area contributed by atoms with E-state index in [1.165, 1.54) is 0 Å². The summed E-state index contributed by atoms with van der Waals surface area (Å²) in [6.45, 7) is 2.15. The molecule has 0 bridgehead atoms. The first-order chi connectivity index (χ1) is 7.63. The summed E-state index contributed by atoms with van der Waals surface area (Å²) in [6, 6.07) is 3.90. The highest BCUT2D eigenvalue weighted by atomic mass is 79.9. The second-order valence-corrected chi connectivity index (χ2v) is 6.30. The summed E-state index contributed by atoms with van der Waals surface area (Å²) in [5.74, 6) is 1.77. The van der Waals surface area contributed by atoms with Crippen LogP contribution < -0.4 is 4.74 Å². The first-order valence-electron chi connectivity index (χ1n) is 5.28. The van der Waals surface area contributed by atoms with E-state index in [9.17, 15) is 5.11 Å². The molecule has 4 heteroatoms. The third kappa shape index (κ3) is 2.24. The Labute approximate surface area is 109 Å². The van der Waals surface area contributed by atoms with E-state index in [-0.39, 0.29) is 0 Å². The molecule has 0 saturated heterocycles. The summed E-state index contributed by atoms with van der Waals surface area (Å²) in [5.41, 5.74) is 2.12. The minimum absolute atomic E-state index is 0.399. The zero-order valence-electron chi connectivity index (χ0n) is 9.37. The van der Waals surface area contributed by atoms with Gasteiger partial charge in [-0.3, -0.25) is 0 Å². The van der Waals surface area contributed by atoms with Crippen LogP contribution in [0.4, 0.5) is 0 Å². The Bertz CT molecular complexity index is 395. The van der Waals surface area contributed by atoms with Crippen LogP contribution in [0.5, 0.6) is 5.75 Å². The SMILES string of the molecule is COc1ccc(Br)c2c1CSC(C)C[C@H]2O. The van der Waals surface area contributed by atoms with Crippen molar-refractivity contribution in [2.24, 2.45) is 0 Å². The molecule has 16 heavy (non-hydrogen) atoms. The highest BCUT2D eigenvalue weighted by Crippen LogP contribution is 2.42. The number of hydrogen-bond acceptors (Lipinski definition) is 3. The van der Waals surface area contributed by atoms with Gasteiger partial charge in [0.15, 0.2) is 0 Å². The Hall–Kier alpha value is -0.190. The van der Waals surface area contributed by atoms with Gasteiger partial charge in [-0.2, -0.15) is 11.8 Å². The van der Waals surface area contributed by atoms with Crippen LogP contribution in [0.1, 0.15) is 30.6 Å². The predicted octanol–water partition coefficient (Wildman–Crippen LogP) is 3.52. The highest BCUT2D eigenvalue weighted by Gasteiger charge is 2.25. The number of thioether (sulfide) groups is 1. The molecule has 0 fully saturated rings. The van der Waals surface area contributed by atoms with Gasteiger partial charge in [-0.05, 0) is 18.6 Å². The van der Waals surface area contributed by atoms with Crippen molar-refractivity contribution in [1.29, 1.82) is 0 Å². The van der Waals surface area contributed by atoms with Gasteiger partial charge in [-0.1, -0.05) is 22.9 Å². The molecule has 1 aliphatic rings. The largest absolute Gasteiger partial charge is 0.496 e. The molecule has 0 radical (unpaired) electrons. The van der Waals surface area contributed by atoms with Crippen molar-refractivity contribution in [2.75, 3.05) is 7.11 Å². The van der Waals surface area contributed by atoms with Crippen molar-refractivity contribution in [2.45, 2.75) is 30.5 Å². The van der Waals surface area contributed by atoms with Crippen LogP contribution in [-0.2, 0) is 5.75 Å². The highest BCUT2D eigenvalue weighted by molar-refractivity contribution is 9.10. The average molecular weight is 303 g/mol. The van der Waals surface area contributed by atoms with E-state index in [0.29, 0.717) is 5.25 Å². The molecule has 0 aliphatic carbocycles. The molecule has 1 aromatic rings. The van der Waals surface area contributed by atoms with Gasteiger partial charge in [-0.25, -0.2) is 0 Å². The third-order valence-electron chi connectivity index (χ3n) is 2.88. The van der Waals surface area contributed by atoms with Gasteiger partial charge in [0.2, 0.25) is 0 Å². The molecule has 0 spiro atoms. The van der Waals surface area contributed by atoms with E-state index in [0.717, 1.165) is 33.5 Å². The molecule has 1 heterocycles. The number of aliphatic hydroxyl groups is 1. The molecule has 1 N–H and O–H groups in total. The first-order valence-corrected chi connectivity index (χ1v) is 7.12. The van der Waals surface area contributed by atoms with E-state index in [2.05, 4.69) is 22.9 Å². The van der Waals surface area contributed by atoms with E-state index < -0.39 is 6.10 Å². The van der Waals surface area contributed by atoms with Crippen LogP contribution in [0.3, 0.4) is 0 Å². The van der Waals surface area contributed by atoms with E-state index in [4.69, 9.17) is 4.74 Å². The zero-order valence-corrected chi connectivity index (χ0v) is 11.8. The van der Waals surface area contributed by atoms with Crippen molar-refractivity contribution in [1.82, 2.24) is 0 Å². The second kappa shape index (κ2) is 4.98.